The largest absolute Gasteiger partial charge is 0.462 e. The van der Waals surface area contributed by atoms with Crippen LogP contribution in [0.15, 0.2) is 24.3 Å². The lowest BCUT2D eigenvalue weighted by Crippen LogP contribution is -2.39. The van der Waals surface area contributed by atoms with Crippen LogP contribution in [-0.4, -0.2) is 25.2 Å². The van der Waals surface area contributed by atoms with Gasteiger partial charge in [-0.1, -0.05) is 19.6 Å². The highest BCUT2D eigenvalue weighted by Gasteiger charge is 2.49. The summed E-state index contributed by atoms with van der Waals surface area (Å²) in [5.74, 6) is 0.305. The smallest absolute Gasteiger partial charge is 0.333 e. The summed E-state index contributed by atoms with van der Waals surface area (Å²) in [5.41, 5.74) is 0.804. The minimum atomic E-state index is -0.339. The van der Waals surface area contributed by atoms with E-state index in [9.17, 15) is 9.59 Å². The Kier molecular flexibility index (Phi) is 5.09. The molecule has 0 aromatic heterocycles. The minimum absolute atomic E-state index is 0.0383. The molecule has 2 rings (SSSR count). The predicted octanol–water partition coefficient (Wildman–Crippen LogP) is 3.42. The van der Waals surface area contributed by atoms with Gasteiger partial charge in [-0.25, -0.2) is 9.59 Å². The number of fused-ring (bicyclic) bond motifs is 2. The zero-order chi connectivity index (χ0) is 16.3. The van der Waals surface area contributed by atoms with Gasteiger partial charge in [0.25, 0.3) is 0 Å². The second-order valence-electron chi connectivity index (χ2n) is 6.98. The molecule has 0 aromatic carbocycles. The normalized spacial score (nSPS) is 29.7. The molecule has 0 heterocycles. The Hall–Kier alpha value is -1.58. The Morgan fingerprint density at radius 1 is 1.05 bits per heavy atom. The van der Waals surface area contributed by atoms with Gasteiger partial charge in [-0.15, -0.1) is 0 Å². The Labute approximate surface area is 132 Å². The van der Waals surface area contributed by atoms with Gasteiger partial charge >= 0.3 is 11.9 Å². The van der Waals surface area contributed by atoms with Crippen LogP contribution in [0.25, 0.3) is 0 Å². The standard InChI is InChI=1S/C18H26O4/c1-12(2)16(19)21-10-15-6-5-14-7-8-18(15,9-14)11-22-17(20)13(3)4/h14-15H,1,3,5-11H2,2,4H3. The molecule has 4 nitrogen and oxygen atoms in total. The summed E-state index contributed by atoms with van der Waals surface area (Å²) in [5, 5.41) is 0. The van der Waals surface area contributed by atoms with Crippen LogP contribution < -0.4 is 0 Å². The van der Waals surface area contributed by atoms with Crippen LogP contribution in [0, 0.1) is 17.3 Å². The molecular formula is C18H26O4. The van der Waals surface area contributed by atoms with Crippen molar-refractivity contribution in [1.29, 1.82) is 0 Å². The van der Waals surface area contributed by atoms with Crippen LogP contribution in [0.3, 0.4) is 0 Å². The maximum absolute atomic E-state index is 11.7. The maximum atomic E-state index is 11.7. The van der Waals surface area contributed by atoms with Gasteiger partial charge in [-0.3, -0.25) is 0 Å². The lowest BCUT2D eigenvalue weighted by molar-refractivity contribution is -0.150. The number of hydrogen-bond acceptors (Lipinski definition) is 4. The van der Waals surface area contributed by atoms with Crippen LogP contribution in [0.1, 0.15) is 46.0 Å². The number of rotatable bonds is 6. The third-order valence-corrected chi connectivity index (χ3v) is 5.14. The monoisotopic (exact) mass is 306 g/mol. The highest BCUT2D eigenvalue weighted by molar-refractivity contribution is 5.87. The average Bonchev–Trinajstić information content (AvgIpc) is 2.82. The summed E-state index contributed by atoms with van der Waals surface area (Å²) in [7, 11) is 0. The van der Waals surface area contributed by atoms with Gasteiger partial charge < -0.3 is 9.47 Å². The van der Waals surface area contributed by atoms with Crippen molar-refractivity contribution in [1.82, 2.24) is 0 Å². The second-order valence-corrected chi connectivity index (χ2v) is 6.98. The molecule has 0 aromatic rings. The fourth-order valence-electron chi connectivity index (χ4n) is 3.77. The topological polar surface area (TPSA) is 52.6 Å². The first-order valence-corrected chi connectivity index (χ1v) is 7.99. The van der Waals surface area contributed by atoms with Gasteiger partial charge in [-0.05, 0) is 45.4 Å². The Morgan fingerprint density at radius 2 is 1.68 bits per heavy atom. The van der Waals surface area contributed by atoms with Gasteiger partial charge in [0, 0.05) is 22.5 Å². The summed E-state index contributed by atoms with van der Waals surface area (Å²) < 4.78 is 10.8. The van der Waals surface area contributed by atoms with Crippen molar-refractivity contribution >= 4 is 11.9 Å². The molecule has 0 N–H and O–H groups in total. The van der Waals surface area contributed by atoms with E-state index in [1.807, 2.05) is 0 Å². The zero-order valence-corrected chi connectivity index (χ0v) is 13.7. The zero-order valence-electron chi connectivity index (χ0n) is 13.7. The van der Waals surface area contributed by atoms with Gasteiger partial charge in [0.05, 0.1) is 13.2 Å². The van der Waals surface area contributed by atoms with Gasteiger partial charge in [0.1, 0.15) is 0 Å². The van der Waals surface area contributed by atoms with Crippen molar-refractivity contribution in [3.05, 3.63) is 24.3 Å². The maximum Gasteiger partial charge on any atom is 0.333 e. The third-order valence-electron chi connectivity index (χ3n) is 5.14. The first kappa shape index (κ1) is 16.8. The fourth-order valence-corrected chi connectivity index (χ4v) is 3.77. The van der Waals surface area contributed by atoms with Crippen molar-refractivity contribution in [2.24, 2.45) is 17.3 Å². The van der Waals surface area contributed by atoms with Crippen molar-refractivity contribution < 1.29 is 19.1 Å². The number of ether oxygens (including phenoxy) is 2. The molecule has 2 aliphatic rings. The number of carbonyl (C=O) groups excluding carboxylic acids is 2. The van der Waals surface area contributed by atoms with E-state index in [1.165, 1.54) is 12.8 Å². The van der Waals surface area contributed by atoms with Crippen molar-refractivity contribution in [3.63, 3.8) is 0 Å². The van der Waals surface area contributed by atoms with Crippen LogP contribution in [0.2, 0.25) is 0 Å². The molecule has 2 saturated carbocycles. The molecule has 3 atom stereocenters. The van der Waals surface area contributed by atoms with Crippen LogP contribution in [-0.2, 0) is 19.1 Å². The highest BCUT2D eigenvalue weighted by Crippen LogP contribution is 2.54. The lowest BCUT2D eigenvalue weighted by Gasteiger charge is -2.40. The SMILES string of the molecule is C=C(C)C(=O)OCC1CCC2CCC1(COC(=O)C(=C)C)C2. The minimum Gasteiger partial charge on any atom is -0.462 e. The Morgan fingerprint density at radius 3 is 2.32 bits per heavy atom. The van der Waals surface area contributed by atoms with E-state index in [-0.39, 0.29) is 23.3 Å². The molecule has 0 radical (unpaired) electrons. The summed E-state index contributed by atoms with van der Waals surface area (Å²) in [4.78, 5) is 23.3. The Bertz CT molecular complexity index is 491. The van der Waals surface area contributed by atoms with Crippen molar-refractivity contribution in [2.45, 2.75) is 46.0 Å². The first-order valence-electron chi connectivity index (χ1n) is 7.99. The Balaban J connectivity index is 2.00. The van der Waals surface area contributed by atoms with E-state index in [4.69, 9.17) is 9.47 Å². The molecule has 2 fully saturated rings. The van der Waals surface area contributed by atoms with Crippen LogP contribution in [0.5, 0.6) is 0 Å². The van der Waals surface area contributed by atoms with Crippen molar-refractivity contribution in [2.75, 3.05) is 13.2 Å². The van der Waals surface area contributed by atoms with E-state index < -0.39 is 0 Å². The molecule has 22 heavy (non-hydrogen) atoms. The molecule has 2 aliphatic carbocycles. The van der Waals surface area contributed by atoms with Gasteiger partial charge in [-0.2, -0.15) is 0 Å². The summed E-state index contributed by atoms with van der Waals surface area (Å²) in [6.45, 7) is 11.3. The van der Waals surface area contributed by atoms with Crippen LogP contribution in [0.4, 0.5) is 0 Å². The van der Waals surface area contributed by atoms with E-state index in [1.54, 1.807) is 13.8 Å². The summed E-state index contributed by atoms with van der Waals surface area (Å²) >= 11 is 0. The predicted molar refractivity (Wildman–Crippen MR) is 84.0 cm³/mol. The molecule has 3 unspecified atom stereocenters. The molecule has 4 heteroatoms. The molecule has 0 aliphatic heterocycles. The van der Waals surface area contributed by atoms with E-state index >= 15 is 0 Å². The average molecular weight is 306 g/mol. The lowest BCUT2D eigenvalue weighted by atomic mass is 9.68. The van der Waals surface area contributed by atoms with E-state index in [0.717, 1.165) is 25.2 Å². The third kappa shape index (κ3) is 3.60. The second kappa shape index (κ2) is 6.67. The molecule has 0 saturated heterocycles. The van der Waals surface area contributed by atoms with Gasteiger partial charge in [0.15, 0.2) is 0 Å². The molecule has 122 valence electrons. The molecule has 0 spiro atoms. The number of esters is 2. The molecule has 0 amide bonds. The fraction of sp³-hybridized carbons (Fsp3) is 0.667. The number of carbonyl (C=O) groups is 2. The van der Waals surface area contributed by atoms with E-state index in [0.29, 0.717) is 24.4 Å². The van der Waals surface area contributed by atoms with Gasteiger partial charge in [0.2, 0.25) is 0 Å². The summed E-state index contributed by atoms with van der Waals surface area (Å²) in [6, 6.07) is 0. The summed E-state index contributed by atoms with van der Waals surface area (Å²) in [6.07, 6.45) is 5.47. The van der Waals surface area contributed by atoms with Crippen LogP contribution >= 0.6 is 0 Å². The quantitative estimate of drug-likeness (QED) is 0.557. The number of hydrogen-bond donors (Lipinski definition) is 0. The molecule has 2 bridgehead atoms. The van der Waals surface area contributed by atoms with E-state index in [2.05, 4.69) is 13.2 Å². The first-order chi connectivity index (χ1) is 10.3. The highest BCUT2D eigenvalue weighted by atomic mass is 16.5. The van der Waals surface area contributed by atoms with Crippen molar-refractivity contribution in [3.8, 4) is 0 Å². The molecular weight excluding hydrogens is 280 g/mol.